The third kappa shape index (κ3) is 5.65. The Hall–Kier alpha value is -0.860. The van der Waals surface area contributed by atoms with Gasteiger partial charge in [-0.25, -0.2) is 0 Å². The summed E-state index contributed by atoms with van der Waals surface area (Å²) in [4.78, 5) is 0. The monoisotopic (exact) mass is 249 g/mol. The standard InChI is InChI=1S/C16H27NO/c1-12(2)11-18-16(10-17-13(3)4)15-8-6-14(5)7-9-15/h6-9,12-13,16-17H,10-11H2,1-5H3. The molecule has 0 amide bonds. The lowest BCUT2D eigenvalue weighted by Crippen LogP contribution is -2.29. The van der Waals surface area contributed by atoms with E-state index in [0.29, 0.717) is 12.0 Å². The van der Waals surface area contributed by atoms with E-state index < -0.39 is 0 Å². The summed E-state index contributed by atoms with van der Waals surface area (Å²) >= 11 is 0. The third-order valence-electron chi connectivity index (χ3n) is 2.79. The van der Waals surface area contributed by atoms with Gasteiger partial charge in [-0.1, -0.05) is 57.5 Å². The molecule has 0 fully saturated rings. The molecule has 1 N–H and O–H groups in total. The number of rotatable bonds is 7. The molecule has 2 nitrogen and oxygen atoms in total. The van der Waals surface area contributed by atoms with E-state index in [-0.39, 0.29) is 6.10 Å². The van der Waals surface area contributed by atoms with Gasteiger partial charge in [-0.15, -0.1) is 0 Å². The fourth-order valence-corrected chi connectivity index (χ4v) is 1.71. The van der Waals surface area contributed by atoms with Crippen LogP contribution in [0.5, 0.6) is 0 Å². The third-order valence-corrected chi connectivity index (χ3v) is 2.79. The maximum Gasteiger partial charge on any atom is 0.0949 e. The Morgan fingerprint density at radius 2 is 1.67 bits per heavy atom. The fourth-order valence-electron chi connectivity index (χ4n) is 1.71. The van der Waals surface area contributed by atoms with Crippen LogP contribution in [0.3, 0.4) is 0 Å². The van der Waals surface area contributed by atoms with Gasteiger partial charge in [0.05, 0.1) is 6.10 Å². The van der Waals surface area contributed by atoms with Crippen LogP contribution >= 0.6 is 0 Å². The number of hydrogen-bond donors (Lipinski definition) is 1. The van der Waals surface area contributed by atoms with E-state index in [1.807, 2.05) is 0 Å². The van der Waals surface area contributed by atoms with Gasteiger partial charge in [-0.3, -0.25) is 0 Å². The number of hydrogen-bond acceptors (Lipinski definition) is 2. The maximum atomic E-state index is 6.02. The highest BCUT2D eigenvalue weighted by atomic mass is 16.5. The zero-order chi connectivity index (χ0) is 13.5. The minimum absolute atomic E-state index is 0.149. The molecule has 0 saturated heterocycles. The average Bonchev–Trinajstić information content (AvgIpc) is 2.30. The smallest absolute Gasteiger partial charge is 0.0949 e. The summed E-state index contributed by atoms with van der Waals surface area (Å²) in [7, 11) is 0. The Kier molecular flexibility index (Phi) is 6.37. The zero-order valence-corrected chi connectivity index (χ0v) is 12.4. The van der Waals surface area contributed by atoms with Gasteiger partial charge in [-0.05, 0) is 18.4 Å². The van der Waals surface area contributed by atoms with E-state index >= 15 is 0 Å². The molecule has 0 aliphatic rings. The molecule has 1 aromatic carbocycles. The van der Waals surface area contributed by atoms with Crippen LogP contribution in [0.1, 0.15) is 44.9 Å². The average molecular weight is 249 g/mol. The van der Waals surface area contributed by atoms with Crippen molar-refractivity contribution in [1.29, 1.82) is 0 Å². The van der Waals surface area contributed by atoms with Crippen LogP contribution in [0.2, 0.25) is 0 Å². The van der Waals surface area contributed by atoms with Crippen molar-refractivity contribution in [2.24, 2.45) is 5.92 Å². The summed E-state index contributed by atoms with van der Waals surface area (Å²) in [5.41, 5.74) is 2.55. The topological polar surface area (TPSA) is 21.3 Å². The Bertz CT molecular complexity index is 317. The summed E-state index contributed by atoms with van der Waals surface area (Å²) in [6.07, 6.45) is 0.149. The molecule has 0 aliphatic heterocycles. The second-order valence-electron chi connectivity index (χ2n) is 5.69. The molecule has 0 bridgehead atoms. The van der Waals surface area contributed by atoms with Gasteiger partial charge >= 0.3 is 0 Å². The molecule has 0 aliphatic carbocycles. The predicted molar refractivity (Wildman–Crippen MR) is 77.8 cm³/mol. The van der Waals surface area contributed by atoms with Crippen molar-refractivity contribution in [2.45, 2.75) is 46.8 Å². The van der Waals surface area contributed by atoms with E-state index in [0.717, 1.165) is 13.2 Å². The quantitative estimate of drug-likeness (QED) is 0.795. The lowest BCUT2D eigenvalue weighted by atomic mass is 10.1. The van der Waals surface area contributed by atoms with Gasteiger partial charge in [0.2, 0.25) is 0 Å². The lowest BCUT2D eigenvalue weighted by Gasteiger charge is -2.21. The minimum Gasteiger partial charge on any atom is -0.372 e. The van der Waals surface area contributed by atoms with E-state index in [2.05, 4.69) is 64.2 Å². The van der Waals surface area contributed by atoms with E-state index in [1.165, 1.54) is 11.1 Å². The molecule has 0 aromatic heterocycles. The van der Waals surface area contributed by atoms with Crippen molar-refractivity contribution in [3.63, 3.8) is 0 Å². The van der Waals surface area contributed by atoms with Crippen LogP contribution in [-0.2, 0) is 4.74 Å². The van der Waals surface area contributed by atoms with Crippen molar-refractivity contribution in [2.75, 3.05) is 13.2 Å². The summed E-state index contributed by atoms with van der Waals surface area (Å²) < 4.78 is 6.02. The fraction of sp³-hybridized carbons (Fsp3) is 0.625. The van der Waals surface area contributed by atoms with Crippen molar-refractivity contribution < 1.29 is 4.74 Å². The predicted octanol–water partition coefficient (Wildman–Crippen LogP) is 3.71. The van der Waals surface area contributed by atoms with Crippen molar-refractivity contribution >= 4 is 0 Å². The van der Waals surface area contributed by atoms with Crippen molar-refractivity contribution in [1.82, 2.24) is 5.32 Å². The summed E-state index contributed by atoms with van der Waals surface area (Å²) in [6, 6.07) is 9.12. The van der Waals surface area contributed by atoms with Crippen LogP contribution in [-0.4, -0.2) is 19.2 Å². The Morgan fingerprint density at radius 3 is 2.17 bits per heavy atom. The van der Waals surface area contributed by atoms with Crippen LogP contribution < -0.4 is 5.32 Å². The Balaban J connectivity index is 2.66. The molecule has 1 aromatic rings. The molecule has 0 radical (unpaired) electrons. The zero-order valence-electron chi connectivity index (χ0n) is 12.4. The summed E-state index contributed by atoms with van der Waals surface area (Å²) in [6.45, 7) is 12.5. The Morgan fingerprint density at radius 1 is 1.06 bits per heavy atom. The van der Waals surface area contributed by atoms with Gasteiger partial charge in [-0.2, -0.15) is 0 Å². The van der Waals surface area contributed by atoms with Crippen molar-refractivity contribution in [3.05, 3.63) is 35.4 Å². The van der Waals surface area contributed by atoms with Gasteiger partial charge in [0, 0.05) is 19.2 Å². The largest absolute Gasteiger partial charge is 0.372 e. The van der Waals surface area contributed by atoms with E-state index in [4.69, 9.17) is 4.74 Å². The molecular weight excluding hydrogens is 222 g/mol. The van der Waals surface area contributed by atoms with Gasteiger partial charge in [0.25, 0.3) is 0 Å². The molecule has 2 heteroatoms. The molecule has 1 atom stereocenters. The highest BCUT2D eigenvalue weighted by molar-refractivity contribution is 5.23. The second-order valence-corrected chi connectivity index (χ2v) is 5.69. The normalized spacial score (nSPS) is 13.3. The molecular formula is C16H27NO. The van der Waals surface area contributed by atoms with Crippen LogP contribution in [0.4, 0.5) is 0 Å². The number of aryl methyl sites for hydroxylation is 1. The van der Waals surface area contributed by atoms with Gasteiger partial charge in [0.1, 0.15) is 0 Å². The minimum atomic E-state index is 0.149. The second kappa shape index (κ2) is 7.55. The first-order valence-electron chi connectivity index (χ1n) is 6.90. The number of benzene rings is 1. The molecule has 0 spiro atoms. The lowest BCUT2D eigenvalue weighted by molar-refractivity contribution is 0.0340. The SMILES string of the molecule is Cc1ccc(C(CNC(C)C)OCC(C)C)cc1. The molecule has 0 heterocycles. The van der Waals surface area contributed by atoms with Crippen LogP contribution in [0.15, 0.2) is 24.3 Å². The highest BCUT2D eigenvalue weighted by Gasteiger charge is 2.13. The number of ether oxygens (including phenoxy) is 1. The van der Waals surface area contributed by atoms with Crippen molar-refractivity contribution in [3.8, 4) is 0 Å². The molecule has 1 unspecified atom stereocenters. The number of nitrogens with one attached hydrogen (secondary N) is 1. The van der Waals surface area contributed by atoms with E-state index in [1.54, 1.807) is 0 Å². The Labute approximate surface area is 112 Å². The molecule has 1 rings (SSSR count). The van der Waals surface area contributed by atoms with Gasteiger partial charge in [0.15, 0.2) is 0 Å². The molecule has 102 valence electrons. The molecule has 0 saturated carbocycles. The highest BCUT2D eigenvalue weighted by Crippen LogP contribution is 2.18. The first kappa shape index (κ1) is 15.2. The molecule has 18 heavy (non-hydrogen) atoms. The summed E-state index contributed by atoms with van der Waals surface area (Å²) in [5.74, 6) is 0.567. The first-order valence-corrected chi connectivity index (χ1v) is 6.90. The van der Waals surface area contributed by atoms with Crippen LogP contribution in [0.25, 0.3) is 0 Å². The summed E-state index contributed by atoms with van der Waals surface area (Å²) in [5, 5.41) is 3.46. The van der Waals surface area contributed by atoms with Crippen LogP contribution in [0, 0.1) is 12.8 Å². The van der Waals surface area contributed by atoms with Gasteiger partial charge < -0.3 is 10.1 Å². The first-order chi connectivity index (χ1) is 8.49. The van der Waals surface area contributed by atoms with E-state index in [9.17, 15) is 0 Å². The maximum absolute atomic E-state index is 6.02.